The van der Waals surface area contributed by atoms with Crippen molar-refractivity contribution in [2.75, 3.05) is 18.4 Å². The van der Waals surface area contributed by atoms with E-state index in [2.05, 4.69) is 46.3 Å². The van der Waals surface area contributed by atoms with Gasteiger partial charge in [-0.2, -0.15) is 5.26 Å². The second-order valence-electron chi connectivity index (χ2n) is 6.77. The van der Waals surface area contributed by atoms with Crippen LogP contribution in [0.2, 0.25) is 0 Å². The summed E-state index contributed by atoms with van der Waals surface area (Å²) in [5.74, 6) is 0.649. The van der Waals surface area contributed by atoms with Crippen molar-refractivity contribution < 1.29 is 4.79 Å². The van der Waals surface area contributed by atoms with Crippen LogP contribution in [-0.2, 0) is 6.42 Å². The minimum absolute atomic E-state index is 0.242. The number of carbonyl (C=O) groups is 1. The Morgan fingerprint density at radius 1 is 1.15 bits per heavy atom. The van der Waals surface area contributed by atoms with Crippen molar-refractivity contribution in [2.45, 2.75) is 25.3 Å². The van der Waals surface area contributed by atoms with Crippen LogP contribution in [-0.4, -0.2) is 25.2 Å². The molecule has 26 heavy (non-hydrogen) atoms. The molecule has 0 bridgehead atoms. The Kier molecular flexibility index (Phi) is 6.24. The molecular weight excluding hydrogens is 324 g/mol. The molecule has 0 radical (unpaired) electrons. The van der Waals surface area contributed by atoms with Gasteiger partial charge in [-0.05, 0) is 55.5 Å². The van der Waals surface area contributed by atoms with Gasteiger partial charge < -0.3 is 16.0 Å². The Morgan fingerprint density at radius 2 is 2.00 bits per heavy atom. The van der Waals surface area contributed by atoms with Crippen LogP contribution in [0.4, 0.5) is 10.5 Å². The molecule has 0 unspecified atom stereocenters. The van der Waals surface area contributed by atoms with E-state index < -0.39 is 0 Å². The van der Waals surface area contributed by atoms with Crippen LogP contribution in [0.1, 0.15) is 24.0 Å². The molecule has 5 heteroatoms. The van der Waals surface area contributed by atoms with Gasteiger partial charge in [-0.1, -0.05) is 36.4 Å². The molecule has 1 fully saturated rings. The lowest BCUT2D eigenvalue weighted by Gasteiger charge is -2.30. The average molecular weight is 348 g/mol. The molecule has 2 aromatic carbocycles. The number of anilines is 1. The van der Waals surface area contributed by atoms with Crippen molar-refractivity contribution in [3.05, 3.63) is 65.7 Å². The fraction of sp³-hybridized carbons (Fsp3) is 0.333. The Morgan fingerprint density at radius 3 is 2.73 bits per heavy atom. The molecule has 3 rings (SSSR count). The molecule has 2 amide bonds. The van der Waals surface area contributed by atoms with E-state index in [0.29, 0.717) is 29.8 Å². The number of rotatable bonds is 5. The van der Waals surface area contributed by atoms with Crippen molar-refractivity contribution in [2.24, 2.45) is 5.92 Å². The van der Waals surface area contributed by atoms with Crippen molar-refractivity contribution >= 4 is 11.7 Å². The quantitative estimate of drug-likeness (QED) is 0.776. The summed E-state index contributed by atoms with van der Waals surface area (Å²) in [7, 11) is 0. The maximum absolute atomic E-state index is 12.0. The van der Waals surface area contributed by atoms with E-state index >= 15 is 0 Å². The molecule has 2 aromatic rings. The summed E-state index contributed by atoms with van der Waals surface area (Å²) in [6.07, 6.45) is 3.32. The second-order valence-corrected chi connectivity index (χ2v) is 6.77. The zero-order valence-electron chi connectivity index (χ0n) is 14.7. The van der Waals surface area contributed by atoms with E-state index in [1.807, 2.05) is 6.07 Å². The van der Waals surface area contributed by atoms with Crippen LogP contribution in [0.3, 0.4) is 0 Å². The van der Waals surface area contributed by atoms with E-state index in [-0.39, 0.29) is 6.03 Å². The van der Waals surface area contributed by atoms with Gasteiger partial charge in [0.1, 0.15) is 0 Å². The number of nitriles is 1. The molecule has 1 heterocycles. The summed E-state index contributed by atoms with van der Waals surface area (Å²) in [4.78, 5) is 12.0. The number of urea groups is 1. The molecule has 134 valence electrons. The Bertz CT molecular complexity index is 761. The molecule has 1 aliphatic heterocycles. The maximum Gasteiger partial charge on any atom is 0.319 e. The fourth-order valence-corrected chi connectivity index (χ4v) is 3.33. The summed E-state index contributed by atoms with van der Waals surface area (Å²) in [5, 5.41) is 18.1. The first-order valence-electron chi connectivity index (χ1n) is 9.05. The van der Waals surface area contributed by atoms with Gasteiger partial charge in [0.15, 0.2) is 0 Å². The van der Waals surface area contributed by atoms with Gasteiger partial charge in [0, 0.05) is 18.3 Å². The molecule has 1 saturated heterocycles. The van der Waals surface area contributed by atoms with Gasteiger partial charge in [-0.3, -0.25) is 0 Å². The minimum atomic E-state index is -0.242. The third-order valence-electron chi connectivity index (χ3n) is 4.74. The van der Waals surface area contributed by atoms with Crippen LogP contribution in [0.5, 0.6) is 0 Å². The standard InChI is InChI=1S/C21H24N4O/c22-13-17-7-4-8-19(12-17)25-21(26)24-15-20-10-9-18(14-23-20)11-16-5-2-1-3-6-16/h1-8,12,18,20,23H,9-11,14-15H2,(H2,24,25,26)/t18-,20+/m1/s1. The third kappa shape index (κ3) is 5.33. The zero-order chi connectivity index (χ0) is 18.2. The lowest BCUT2D eigenvalue weighted by atomic mass is 9.89. The SMILES string of the molecule is N#Cc1cccc(NC(=O)NC[C@@H]2CC[C@H](Cc3ccccc3)CN2)c1. The zero-order valence-corrected chi connectivity index (χ0v) is 14.7. The first-order valence-corrected chi connectivity index (χ1v) is 9.05. The van der Waals surface area contributed by atoms with Crippen LogP contribution in [0, 0.1) is 17.2 Å². The van der Waals surface area contributed by atoms with E-state index in [9.17, 15) is 4.79 Å². The lowest BCUT2D eigenvalue weighted by Crippen LogP contribution is -2.47. The molecule has 5 nitrogen and oxygen atoms in total. The van der Waals surface area contributed by atoms with Crippen LogP contribution < -0.4 is 16.0 Å². The number of hydrogen-bond donors (Lipinski definition) is 3. The topological polar surface area (TPSA) is 77.0 Å². The van der Waals surface area contributed by atoms with Crippen molar-refractivity contribution in [1.82, 2.24) is 10.6 Å². The summed E-state index contributed by atoms with van der Waals surface area (Å²) in [5.41, 5.74) is 2.54. The maximum atomic E-state index is 12.0. The van der Waals surface area contributed by atoms with E-state index in [0.717, 1.165) is 19.4 Å². The predicted molar refractivity (Wildman–Crippen MR) is 103 cm³/mol. The van der Waals surface area contributed by atoms with Crippen molar-refractivity contribution in [1.29, 1.82) is 5.26 Å². The number of nitrogens with zero attached hydrogens (tertiary/aromatic N) is 1. The van der Waals surface area contributed by atoms with Gasteiger partial charge >= 0.3 is 6.03 Å². The number of hydrogen-bond acceptors (Lipinski definition) is 3. The van der Waals surface area contributed by atoms with Gasteiger partial charge in [0.2, 0.25) is 0 Å². The van der Waals surface area contributed by atoms with Crippen LogP contribution in [0.15, 0.2) is 54.6 Å². The highest BCUT2D eigenvalue weighted by atomic mass is 16.2. The first-order chi connectivity index (χ1) is 12.7. The number of amides is 2. The van der Waals surface area contributed by atoms with E-state index in [4.69, 9.17) is 5.26 Å². The largest absolute Gasteiger partial charge is 0.336 e. The Labute approximate surface area is 154 Å². The Hall–Kier alpha value is -2.84. The molecule has 1 aliphatic rings. The van der Waals surface area contributed by atoms with Gasteiger partial charge in [0.25, 0.3) is 0 Å². The Balaban J connectivity index is 1.38. The summed E-state index contributed by atoms with van der Waals surface area (Å²) < 4.78 is 0. The van der Waals surface area contributed by atoms with Gasteiger partial charge in [-0.25, -0.2) is 4.79 Å². The van der Waals surface area contributed by atoms with E-state index in [1.54, 1.807) is 24.3 Å². The lowest BCUT2D eigenvalue weighted by molar-refractivity contribution is 0.247. The summed E-state index contributed by atoms with van der Waals surface area (Å²) >= 11 is 0. The molecule has 0 saturated carbocycles. The van der Waals surface area contributed by atoms with Crippen LogP contribution >= 0.6 is 0 Å². The normalized spacial score (nSPS) is 19.3. The first kappa shape index (κ1) is 18.0. The van der Waals surface area contributed by atoms with E-state index in [1.165, 1.54) is 12.0 Å². The molecular formula is C21H24N4O. The second kappa shape index (κ2) is 9.02. The number of benzene rings is 2. The fourth-order valence-electron chi connectivity index (χ4n) is 3.33. The molecule has 0 aromatic heterocycles. The van der Waals surface area contributed by atoms with Crippen molar-refractivity contribution in [3.8, 4) is 6.07 Å². The summed E-state index contributed by atoms with van der Waals surface area (Å²) in [6.45, 7) is 1.58. The highest BCUT2D eigenvalue weighted by Gasteiger charge is 2.21. The minimum Gasteiger partial charge on any atom is -0.336 e. The summed E-state index contributed by atoms with van der Waals surface area (Å²) in [6, 6.07) is 19.6. The van der Waals surface area contributed by atoms with Crippen molar-refractivity contribution in [3.63, 3.8) is 0 Å². The monoisotopic (exact) mass is 348 g/mol. The smallest absolute Gasteiger partial charge is 0.319 e. The average Bonchev–Trinajstić information content (AvgIpc) is 2.68. The van der Waals surface area contributed by atoms with Gasteiger partial charge in [-0.15, -0.1) is 0 Å². The molecule has 3 N–H and O–H groups in total. The molecule has 2 atom stereocenters. The predicted octanol–water partition coefficient (Wildman–Crippen LogP) is 3.29. The highest BCUT2D eigenvalue weighted by Crippen LogP contribution is 2.19. The van der Waals surface area contributed by atoms with Gasteiger partial charge in [0.05, 0.1) is 11.6 Å². The number of carbonyl (C=O) groups excluding carboxylic acids is 1. The van der Waals surface area contributed by atoms with Crippen LogP contribution in [0.25, 0.3) is 0 Å². The number of piperidine rings is 1. The highest BCUT2D eigenvalue weighted by molar-refractivity contribution is 5.89. The number of nitrogens with one attached hydrogen (secondary N) is 3. The molecule has 0 aliphatic carbocycles. The molecule has 0 spiro atoms. The third-order valence-corrected chi connectivity index (χ3v) is 4.74.